The molecule has 1 amide bonds. The van der Waals surface area contributed by atoms with Crippen molar-refractivity contribution in [2.75, 3.05) is 12.0 Å². The molecule has 0 saturated carbocycles. The minimum atomic E-state index is -0.531. The van der Waals surface area contributed by atoms with Crippen LogP contribution < -0.4 is 4.90 Å². The second-order valence-electron chi connectivity index (χ2n) is 4.85. The summed E-state index contributed by atoms with van der Waals surface area (Å²) in [6, 6.07) is 11.1. The second-order valence-corrected chi connectivity index (χ2v) is 4.85. The fraction of sp³-hybridized carbons (Fsp3) is 0.222. The number of amides is 1. The topological polar surface area (TPSA) is 42.4 Å². The number of terminal acetylenes is 1. The Labute approximate surface area is 130 Å². The Balaban J connectivity index is 2.36. The Morgan fingerprint density at radius 3 is 2.73 bits per heavy atom. The quantitative estimate of drug-likeness (QED) is 0.796. The number of carbonyl (C=O) groups excluding carboxylic acids is 1. The number of rotatable bonds is 5. The van der Waals surface area contributed by atoms with E-state index < -0.39 is 6.10 Å². The summed E-state index contributed by atoms with van der Waals surface area (Å²) in [5.74, 6) is 2.47. The van der Waals surface area contributed by atoms with Gasteiger partial charge < -0.3 is 9.64 Å². The average molecular weight is 294 g/mol. The zero-order chi connectivity index (χ0) is 15.9. The van der Waals surface area contributed by atoms with Crippen molar-refractivity contribution in [1.82, 2.24) is 4.98 Å². The smallest absolute Gasteiger partial charge is 0.256 e. The standard InChI is InChI=1S/C18H18N2O2/c1-4-15-6-5-7-17(12-15)20(18(21)14(2)22-3)13-16-8-10-19-11-9-16/h1,5-12,14H,13H2,2-3H3/t14-/m0/s1. The van der Waals surface area contributed by atoms with E-state index in [9.17, 15) is 4.79 Å². The van der Waals surface area contributed by atoms with E-state index in [1.165, 1.54) is 7.11 Å². The van der Waals surface area contributed by atoms with Gasteiger partial charge in [-0.3, -0.25) is 9.78 Å². The molecule has 1 atom stereocenters. The summed E-state index contributed by atoms with van der Waals surface area (Å²) in [4.78, 5) is 18.3. The normalized spacial score (nSPS) is 11.5. The van der Waals surface area contributed by atoms with Crippen molar-refractivity contribution in [2.24, 2.45) is 0 Å². The van der Waals surface area contributed by atoms with E-state index in [2.05, 4.69) is 10.9 Å². The molecule has 1 heterocycles. The molecule has 0 aliphatic heterocycles. The molecule has 0 aliphatic rings. The van der Waals surface area contributed by atoms with Crippen LogP contribution in [-0.4, -0.2) is 24.1 Å². The lowest BCUT2D eigenvalue weighted by atomic mass is 10.1. The zero-order valence-electron chi connectivity index (χ0n) is 12.7. The highest BCUT2D eigenvalue weighted by Gasteiger charge is 2.22. The molecule has 0 N–H and O–H groups in total. The van der Waals surface area contributed by atoms with Crippen molar-refractivity contribution in [1.29, 1.82) is 0 Å². The van der Waals surface area contributed by atoms with Gasteiger partial charge in [0.15, 0.2) is 0 Å². The Kier molecular flexibility index (Phi) is 5.29. The van der Waals surface area contributed by atoms with Gasteiger partial charge in [0.05, 0.1) is 6.54 Å². The fourth-order valence-electron chi connectivity index (χ4n) is 2.05. The number of nitrogens with zero attached hydrogens (tertiary/aromatic N) is 2. The highest BCUT2D eigenvalue weighted by molar-refractivity contribution is 5.96. The summed E-state index contributed by atoms with van der Waals surface area (Å²) < 4.78 is 5.16. The van der Waals surface area contributed by atoms with Gasteiger partial charge in [0.25, 0.3) is 5.91 Å². The van der Waals surface area contributed by atoms with Crippen LogP contribution in [0.5, 0.6) is 0 Å². The van der Waals surface area contributed by atoms with Crippen molar-refractivity contribution in [2.45, 2.75) is 19.6 Å². The summed E-state index contributed by atoms with van der Waals surface area (Å²) in [6.45, 7) is 2.16. The van der Waals surface area contributed by atoms with Crippen LogP contribution in [0, 0.1) is 12.3 Å². The molecule has 4 nitrogen and oxygen atoms in total. The Morgan fingerprint density at radius 2 is 2.09 bits per heavy atom. The van der Waals surface area contributed by atoms with Gasteiger partial charge in [0.2, 0.25) is 0 Å². The Hall–Kier alpha value is -2.64. The molecule has 1 aromatic carbocycles. The second kappa shape index (κ2) is 7.39. The third-order valence-electron chi connectivity index (χ3n) is 3.38. The van der Waals surface area contributed by atoms with Gasteiger partial charge in [-0.25, -0.2) is 0 Å². The van der Waals surface area contributed by atoms with Crippen LogP contribution in [0.2, 0.25) is 0 Å². The minimum absolute atomic E-state index is 0.117. The van der Waals surface area contributed by atoms with Crippen molar-refractivity contribution < 1.29 is 9.53 Å². The molecule has 2 aromatic rings. The predicted octanol–water partition coefficient (Wildman–Crippen LogP) is 2.63. The summed E-state index contributed by atoms with van der Waals surface area (Å²) in [6.07, 6.45) is 8.32. The maximum absolute atomic E-state index is 12.6. The number of methoxy groups -OCH3 is 1. The van der Waals surface area contributed by atoms with Gasteiger partial charge in [0, 0.05) is 30.8 Å². The molecule has 112 valence electrons. The van der Waals surface area contributed by atoms with Gasteiger partial charge in [0.1, 0.15) is 6.10 Å². The van der Waals surface area contributed by atoms with E-state index in [-0.39, 0.29) is 5.91 Å². The molecule has 0 unspecified atom stereocenters. The number of hydrogen-bond acceptors (Lipinski definition) is 3. The maximum Gasteiger partial charge on any atom is 0.256 e. The van der Waals surface area contributed by atoms with E-state index in [1.54, 1.807) is 24.2 Å². The van der Waals surface area contributed by atoms with E-state index in [1.807, 2.05) is 36.4 Å². The van der Waals surface area contributed by atoms with Crippen LogP contribution in [-0.2, 0) is 16.1 Å². The summed E-state index contributed by atoms with van der Waals surface area (Å²) in [7, 11) is 1.52. The fourth-order valence-corrected chi connectivity index (χ4v) is 2.05. The lowest BCUT2D eigenvalue weighted by molar-refractivity contribution is -0.127. The number of hydrogen-bond donors (Lipinski definition) is 0. The highest BCUT2D eigenvalue weighted by atomic mass is 16.5. The summed E-state index contributed by atoms with van der Waals surface area (Å²) in [5.41, 5.74) is 2.47. The van der Waals surface area contributed by atoms with Gasteiger partial charge in [-0.15, -0.1) is 6.42 Å². The molecular formula is C18H18N2O2. The molecule has 2 rings (SSSR count). The van der Waals surface area contributed by atoms with Crippen LogP contribution in [0.25, 0.3) is 0 Å². The van der Waals surface area contributed by atoms with Gasteiger partial charge in [-0.2, -0.15) is 0 Å². The van der Waals surface area contributed by atoms with E-state index in [0.29, 0.717) is 6.54 Å². The maximum atomic E-state index is 12.6. The molecule has 0 aliphatic carbocycles. The molecular weight excluding hydrogens is 276 g/mol. The molecule has 1 aromatic heterocycles. The van der Waals surface area contributed by atoms with Crippen molar-refractivity contribution in [3.63, 3.8) is 0 Å². The molecule has 22 heavy (non-hydrogen) atoms. The third kappa shape index (κ3) is 3.72. The first-order valence-corrected chi connectivity index (χ1v) is 6.95. The van der Waals surface area contributed by atoms with Gasteiger partial charge in [-0.05, 0) is 42.8 Å². The molecule has 0 spiro atoms. The highest BCUT2D eigenvalue weighted by Crippen LogP contribution is 2.20. The third-order valence-corrected chi connectivity index (χ3v) is 3.38. The summed E-state index contributed by atoms with van der Waals surface area (Å²) in [5, 5.41) is 0. The predicted molar refractivity (Wildman–Crippen MR) is 86.3 cm³/mol. The van der Waals surface area contributed by atoms with E-state index in [0.717, 1.165) is 16.8 Å². The van der Waals surface area contributed by atoms with Crippen LogP contribution >= 0.6 is 0 Å². The Morgan fingerprint density at radius 1 is 1.36 bits per heavy atom. The lowest BCUT2D eigenvalue weighted by Gasteiger charge is -2.25. The number of anilines is 1. The van der Waals surface area contributed by atoms with Crippen molar-refractivity contribution in [3.8, 4) is 12.3 Å². The molecule has 0 fully saturated rings. The summed E-state index contributed by atoms with van der Waals surface area (Å²) >= 11 is 0. The van der Waals surface area contributed by atoms with Gasteiger partial charge in [-0.1, -0.05) is 12.0 Å². The Bertz CT molecular complexity index is 677. The van der Waals surface area contributed by atoms with Crippen LogP contribution in [0.4, 0.5) is 5.69 Å². The molecule has 0 radical (unpaired) electrons. The van der Waals surface area contributed by atoms with Crippen LogP contribution in [0.3, 0.4) is 0 Å². The number of pyridine rings is 1. The average Bonchev–Trinajstić information content (AvgIpc) is 2.59. The zero-order valence-corrected chi connectivity index (χ0v) is 12.7. The first kappa shape index (κ1) is 15.7. The first-order valence-electron chi connectivity index (χ1n) is 6.95. The monoisotopic (exact) mass is 294 g/mol. The van der Waals surface area contributed by atoms with Crippen LogP contribution in [0.15, 0.2) is 48.8 Å². The van der Waals surface area contributed by atoms with Gasteiger partial charge >= 0.3 is 0 Å². The number of carbonyl (C=O) groups is 1. The first-order chi connectivity index (χ1) is 10.7. The molecule has 4 heteroatoms. The van der Waals surface area contributed by atoms with E-state index in [4.69, 9.17) is 11.2 Å². The lowest BCUT2D eigenvalue weighted by Crippen LogP contribution is -2.38. The molecule has 0 saturated heterocycles. The van der Waals surface area contributed by atoms with Crippen molar-refractivity contribution >= 4 is 11.6 Å². The number of ether oxygens (including phenoxy) is 1. The van der Waals surface area contributed by atoms with Crippen LogP contribution in [0.1, 0.15) is 18.1 Å². The number of benzene rings is 1. The molecule has 0 bridgehead atoms. The minimum Gasteiger partial charge on any atom is -0.372 e. The SMILES string of the molecule is C#Cc1cccc(N(Cc2ccncc2)C(=O)[C@H](C)OC)c1. The van der Waals surface area contributed by atoms with E-state index >= 15 is 0 Å². The van der Waals surface area contributed by atoms with Crippen molar-refractivity contribution in [3.05, 3.63) is 59.9 Å². The number of aromatic nitrogens is 1. The largest absolute Gasteiger partial charge is 0.372 e.